The van der Waals surface area contributed by atoms with Crippen molar-refractivity contribution in [3.63, 3.8) is 0 Å². The van der Waals surface area contributed by atoms with Crippen molar-refractivity contribution in [1.29, 1.82) is 0 Å². The Morgan fingerprint density at radius 2 is 2.12 bits per heavy atom. The van der Waals surface area contributed by atoms with E-state index in [-0.39, 0.29) is 40.2 Å². The van der Waals surface area contributed by atoms with Gasteiger partial charge >= 0.3 is 11.9 Å². The molecule has 0 radical (unpaired) electrons. The van der Waals surface area contributed by atoms with Gasteiger partial charge in [0.2, 0.25) is 0 Å². The number of aromatic amines is 2. The predicted octanol–water partition coefficient (Wildman–Crippen LogP) is 1.54. The number of nitrogens with one attached hydrogen (secondary N) is 2. The van der Waals surface area contributed by atoms with Crippen LogP contribution in [0.3, 0.4) is 0 Å². The van der Waals surface area contributed by atoms with Crippen molar-refractivity contribution >= 4 is 28.6 Å². The van der Waals surface area contributed by atoms with Crippen LogP contribution in [0, 0.1) is 5.82 Å². The molecule has 0 aromatic carbocycles. The number of carboxylic acid groups (broad SMARTS) is 1. The highest BCUT2D eigenvalue weighted by molar-refractivity contribution is 6.42. The fourth-order valence-electron chi connectivity index (χ4n) is 2.35. The smallest absolute Gasteiger partial charge is 0.377 e. The number of carbonyl (C=O) groups excluding carboxylic acids is 2. The minimum atomic E-state index is -1.71. The second-order valence-corrected chi connectivity index (χ2v) is 4.93. The van der Waals surface area contributed by atoms with Crippen molar-refractivity contribution in [2.45, 2.75) is 6.92 Å². The van der Waals surface area contributed by atoms with Gasteiger partial charge in [0.15, 0.2) is 5.82 Å². The maximum absolute atomic E-state index is 14.1. The molecule has 0 unspecified atom stereocenters. The zero-order valence-corrected chi connectivity index (χ0v) is 12.8. The van der Waals surface area contributed by atoms with Crippen LogP contribution in [-0.4, -0.2) is 49.6 Å². The number of carbonyl (C=O) groups is 3. The van der Waals surface area contributed by atoms with E-state index in [9.17, 15) is 18.8 Å². The van der Waals surface area contributed by atoms with Crippen LogP contribution in [-0.2, 0) is 9.53 Å². The van der Waals surface area contributed by atoms with Gasteiger partial charge in [-0.15, -0.1) is 0 Å². The number of H-pyrrole nitrogens is 2. The Morgan fingerprint density at radius 1 is 1.36 bits per heavy atom. The zero-order chi connectivity index (χ0) is 18.1. The Kier molecular flexibility index (Phi) is 4.01. The molecular weight excluding hydrogens is 335 g/mol. The average Bonchev–Trinajstić information content (AvgIpc) is 3.22. The summed E-state index contributed by atoms with van der Waals surface area (Å²) in [5.41, 5.74) is 0.178. The van der Waals surface area contributed by atoms with Crippen molar-refractivity contribution in [3.8, 4) is 11.4 Å². The molecule has 0 saturated heterocycles. The molecule has 0 aliphatic rings. The van der Waals surface area contributed by atoms with E-state index in [1.165, 1.54) is 6.07 Å². The van der Waals surface area contributed by atoms with E-state index >= 15 is 0 Å². The number of ether oxygens (including phenoxy) is 1. The lowest BCUT2D eigenvalue weighted by Gasteiger charge is -2.01. The Balaban J connectivity index is 2.13. The average molecular weight is 346 g/mol. The number of ketones is 1. The van der Waals surface area contributed by atoms with Crippen LogP contribution in [0.5, 0.6) is 0 Å². The van der Waals surface area contributed by atoms with Crippen molar-refractivity contribution < 1.29 is 28.6 Å². The summed E-state index contributed by atoms with van der Waals surface area (Å²) < 4.78 is 18.9. The molecule has 3 N–H and O–H groups in total. The summed E-state index contributed by atoms with van der Waals surface area (Å²) >= 11 is 0. The topological polar surface area (TPSA) is 138 Å². The van der Waals surface area contributed by atoms with Gasteiger partial charge < -0.3 is 14.8 Å². The van der Waals surface area contributed by atoms with E-state index in [2.05, 4.69) is 20.2 Å². The summed E-state index contributed by atoms with van der Waals surface area (Å²) in [6.07, 6.45) is 1.94. The molecular formula is C15H11FN4O5. The SMILES string of the molecule is CCOC(=O)c1cc(-c2ncc(F)c3c(C(=O)C(=O)O)c[nH]c23)n[nH]1. The van der Waals surface area contributed by atoms with Crippen molar-refractivity contribution in [2.24, 2.45) is 0 Å². The third-order valence-corrected chi connectivity index (χ3v) is 3.42. The number of halogens is 1. The minimum absolute atomic E-state index is 0.0736. The van der Waals surface area contributed by atoms with Gasteiger partial charge in [0, 0.05) is 12.3 Å². The molecule has 3 rings (SSSR count). The Hall–Kier alpha value is -3.56. The van der Waals surface area contributed by atoms with Crippen LogP contribution < -0.4 is 0 Å². The van der Waals surface area contributed by atoms with Crippen LogP contribution in [0.15, 0.2) is 18.5 Å². The molecule has 25 heavy (non-hydrogen) atoms. The summed E-state index contributed by atoms with van der Waals surface area (Å²) in [5, 5.41) is 15.0. The number of rotatable bonds is 5. The van der Waals surface area contributed by atoms with E-state index < -0.39 is 23.5 Å². The second kappa shape index (κ2) is 6.15. The van der Waals surface area contributed by atoms with Gasteiger partial charge in [0.05, 0.1) is 29.3 Å². The Bertz CT molecular complexity index is 1010. The lowest BCUT2D eigenvalue weighted by atomic mass is 10.1. The maximum Gasteiger partial charge on any atom is 0.377 e. The fourth-order valence-corrected chi connectivity index (χ4v) is 2.35. The van der Waals surface area contributed by atoms with E-state index in [4.69, 9.17) is 9.84 Å². The third-order valence-electron chi connectivity index (χ3n) is 3.42. The summed E-state index contributed by atoms with van der Waals surface area (Å²) in [6.45, 7) is 1.84. The highest BCUT2D eigenvalue weighted by Gasteiger charge is 2.24. The molecule has 0 aliphatic carbocycles. The van der Waals surface area contributed by atoms with Crippen LogP contribution in [0.25, 0.3) is 22.3 Å². The van der Waals surface area contributed by atoms with Crippen LogP contribution >= 0.6 is 0 Å². The van der Waals surface area contributed by atoms with Gasteiger partial charge in [0.25, 0.3) is 5.78 Å². The largest absolute Gasteiger partial charge is 0.475 e. The number of Topliss-reactive ketones (excluding diaryl/α,β-unsaturated/α-hetero) is 1. The Morgan fingerprint density at radius 3 is 2.80 bits per heavy atom. The van der Waals surface area contributed by atoms with Crippen LogP contribution in [0.2, 0.25) is 0 Å². The molecule has 0 bridgehead atoms. The third kappa shape index (κ3) is 2.73. The fraction of sp³-hybridized carbons (Fsp3) is 0.133. The molecule has 128 valence electrons. The van der Waals surface area contributed by atoms with Crippen LogP contribution in [0.4, 0.5) is 4.39 Å². The van der Waals surface area contributed by atoms with Gasteiger partial charge in [-0.05, 0) is 6.92 Å². The number of hydrogen-bond acceptors (Lipinski definition) is 6. The molecule has 0 fully saturated rings. The van der Waals surface area contributed by atoms with Crippen molar-refractivity contribution in [2.75, 3.05) is 6.61 Å². The quantitative estimate of drug-likeness (QED) is 0.362. The summed E-state index contributed by atoms with van der Waals surface area (Å²) in [5.74, 6) is -4.43. The summed E-state index contributed by atoms with van der Waals surface area (Å²) in [7, 11) is 0. The number of pyridine rings is 1. The standard InChI is InChI=1S/C15H11FN4O5/c1-2-25-15(24)9-3-8(19-20-9)11-12-10(7(16)5-18-11)6(4-17-12)13(21)14(22)23/h3-5,17H,2H2,1H3,(H,19,20)(H,22,23). The molecule has 0 amide bonds. The molecule has 3 aromatic heterocycles. The first-order valence-electron chi connectivity index (χ1n) is 7.10. The van der Waals surface area contributed by atoms with E-state index in [0.717, 1.165) is 12.4 Å². The second-order valence-electron chi connectivity index (χ2n) is 4.93. The van der Waals surface area contributed by atoms with E-state index in [0.29, 0.717) is 0 Å². The molecule has 0 aliphatic heterocycles. The van der Waals surface area contributed by atoms with E-state index in [1.807, 2.05) is 0 Å². The maximum atomic E-state index is 14.1. The summed E-state index contributed by atoms with van der Waals surface area (Å²) in [4.78, 5) is 40.8. The number of fused-ring (bicyclic) bond motifs is 1. The minimum Gasteiger partial charge on any atom is -0.475 e. The van der Waals surface area contributed by atoms with Gasteiger partial charge in [-0.25, -0.2) is 19.0 Å². The predicted molar refractivity (Wildman–Crippen MR) is 81.6 cm³/mol. The van der Waals surface area contributed by atoms with Crippen molar-refractivity contribution in [3.05, 3.63) is 35.5 Å². The van der Waals surface area contributed by atoms with Gasteiger partial charge in [0.1, 0.15) is 17.1 Å². The van der Waals surface area contributed by atoms with Gasteiger partial charge in [-0.1, -0.05) is 0 Å². The Labute approximate surface area is 138 Å². The molecule has 0 spiro atoms. The first-order valence-corrected chi connectivity index (χ1v) is 7.10. The summed E-state index contributed by atoms with van der Waals surface area (Å²) in [6, 6.07) is 1.36. The highest BCUT2D eigenvalue weighted by atomic mass is 19.1. The molecule has 3 aromatic rings. The lowest BCUT2D eigenvalue weighted by molar-refractivity contribution is -0.131. The van der Waals surface area contributed by atoms with Crippen LogP contribution in [0.1, 0.15) is 27.8 Å². The zero-order valence-electron chi connectivity index (χ0n) is 12.8. The molecule has 0 saturated carbocycles. The number of carboxylic acids is 1. The molecule has 3 heterocycles. The number of esters is 1. The van der Waals surface area contributed by atoms with Gasteiger partial charge in [-0.3, -0.25) is 9.89 Å². The number of aromatic nitrogens is 4. The lowest BCUT2D eigenvalue weighted by Crippen LogP contribution is -2.12. The molecule has 10 heteroatoms. The first-order chi connectivity index (χ1) is 11.9. The van der Waals surface area contributed by atoms with Gasteiger partial charge in [-0.2, -0.15) is 5.10 Å². The number of nitrogens with zero attached hydrogens (tertiary/aromatic N) is 2. The normalized spacial score (nSPS) is 10.8. The number of hydrogen-bond donors (Lipinski definition) is 3. The number of aliphatic carboxylic acids is 1. The first kappa shape index (κ1) is 16.3. The molecule has 0 atom stereocenters. The highest BCUT2D eigenvalue weighted by Crippen LogP contribution is 2.29. The van der Waals surface area contributed by atoms with Crippen molar-refractivity contribution in [1.82, 2.24) is 20.2 Å². The van der Waals surface area contributed by atoms with E-state index in [1.54, 1.807) is 6.92 Å². The monoisotopic (exact) mass is 346 g/mol. The molecule has 9 nitrogen and oxygen atoms in total.